The average Bonchev–Trinajstić information content (AvgIpc) is 3.22. The fraction of sp³-hybridized carbons (Fsp3) is 0.200. The van der Waals surface area contributed by atoms with Crippen molar-refractivity contribution < 1.29 is 9.42 Å². The van der Waals surface area contributed by atoms with E-state index < -0.39 is 0 Å². The molecule has 0 saturated heterocycles. The number of benzene rings is 2. The molecule has 142 valence electrons. The van der Waals surface area contributed by atoms with E-state index in [1.807, 2.05) is 57.2 Å². The van der Waals surface area contributed by atoms with Crippen molar-refractivity contribution in [2.45, 2.75) is 27.3 Å². The average molecular weight is 376 g/mol. The lowest BCUT2D eigenvalue weighted by Crippen LogP contribution is -2.20. The lowest BCUT2D eigenvalue weighted by atomic mass is 10.1. The van der Waals surface area contributed by atoms with Crippen LogP contribution in [0.4, 0.5) is 11.5 Å². The molecular formula is C20H20N6O2. The standard InChI is InChI=1S/C20H20N6O2/c1-11-8-12(2)17(13(3)9-11)23-16(27)10-26-15-7-5-4-6-14(15)22-20(26)18-19(21)25-28-24-18/h4-9H,10H2,1-3H3,(H2,21,25)(H,23,27). The maximum atomic E-state index is 12.9. The molecule has 0 spiro atoms. The normalized spacial score (nSPS) is 11.1. The van der Waals surface area contributed by atoms with Crippen LogP contribution in [-0.4, -0.2) is 25.8 Å². The highest BCUT2D eigenvalue weighted by molar-refractivity contribution is 5.94. The number of carbonyl (C=O) groups is 1. The summed E-state index contributed by atoms with van der Waals surface area (Å²) in [5.41, 5.74) is 11.7. The van der Waals surface area contributed by atoms with E-state index in [4.69, 9.17) is 10.4 Å². The minimum Gasteiger partial charge on any atom is -0.379 e. The molecule has 0 radical (unpaired) electrons. The fourth-order valence-corrected chi connectivity index (χ4v) is 3.47. The van der Waals surface area contributed by atoms with Crippen LogP contribution in [0.2, 0.25) is 0 Å². The summed E-state index contributed by atoms with van der Waals surface area (Å²) in [6, 6.07) is 11.6. The topological polar surface area (TPSA) is 112 Å². The molecule has 0 unspecified atom stereocenters. The van der Waals surface area contributed by atoms with Crippen LogP contribution in [0.1, 0.15) is 16.7 Å². The third-order valence-electron chi connectivity index (χ3n) is 4.62. The van der Waals surface area contributed by atoms with Gasteiger partial charge < -0.3 is 15.6 Å². The summed E-state index contributed by atoms with van der Waals surface area (Å²) < 4.78 is 6.48. The lowest BCUT2D eigenvalue weighted by Gasteiger charge is -2.14. The number of imidazole rings is 1. The van der Waals surface area contributed by atoms with Crippen molar-refractivity contribution in [3.63, 3.8) is 0 Å². The summed E-state index contributed by atoms with van der Waals surface area (Å²) in [5.74, 6) is 0.393. The quantitative estimate of drug-likeness (QED) is 0.565. The number of nitrogens with zero attached hydrogens (tertiary/aromatic N) is 4. The number of para-hydroxylation sites is 2. The molecule has 8 heteroatoms. The first-order valence-corrected chi connectivity index (χ1v) is 8.85. The maximum absolute atomic E-state index is 12.9. The van der Waals surface area contributed by atoms with Gasteiger partial charge in [0.15, 0.2) is 17.3 Å². The largest absolute Gasteiger partial charge is 0.379 e. The van der Waals surface area contributed by atoms with E-state index in [1.54, 1.807) is 4.57 Å². The van der Waals surface area contributed by atoms with Gasteiger partial charge in [0.1, 0.15) is 6.54 Å². The molecule has 4 rings (SSSR count). The van der Waals surface area contributed by atoms with Crippen molar-refractivity contribution in [1.82, 2.24) is 19.9 Å². The molecule has 2 aromatic carbocycles. The summed E-state index contributed by atoms with van der Waals surface area (Å²) in [5, 5.41) is 10.5. The van der Waals surface area contributed by atoms with Crippen LogP contribution < -0.4 is 11.1 Å². The Labute approximate surface area is 161 Å². The molecule has 4 aromatic rings. The molecule has 0 fully saturated rings. The second-order valence-corrected chi connectivity index (χ2v) is 6.83. The van der Waals surface area contributed by atoms with Crippen LogP contribution in [0.3, 0.4) is 0 Å². The molecule has 0 aliphatic heterocycles. The first-order chi connectivity index (χ1) is 13.4. The Morgan fingerprint density at radius 1 is 1.14 bits per heavy atom. The van der Waals surface area contributed by atoms with Gasteiger partial charge >= 0.3 is 0 Å². The third kappa shape index (κ3) is 3.09. The highest BCUT2D eigenvalue weighted by Crippen LogP contribution is 2.27. The number of aryl methyl sites for hydroxylation is 3. The van der Waals surface area contributed by atoms with E-state index in [0.717, 1.165) is 33.4 Å². The minimum absolute atomic E-state index is 0.0505. The summed E-state index contributed by atoms with van der Waals surface area (Å²) in [6.45, 7) is 6.05. The summed E-state index contributed by atoms with van der Waals surface area (Å²) in [4.78, 5) is 17.4. The van der Waals surface area contributed by atoms with Gasteiger partial charge in [-0.3, -0.25) is 4.79 Å². The van der Waals surface area contributed by atoms with Gasteiger partial charge in [-0.1, -0.05) is 29.8 Å². The number of hydrogen-bond acceptors (Lipinski definition) is 6. The zero-order valence-electron chi connectivity index (χ0n) is 15.9. The van der Waals surface area contributed by atoms with Crippen LogP contribution in [0.15, 0.2) is 41.0 Å². The number of aromatic nitrogens is 4. The first-order valence-electron chi connectivity index (χ1n) is 8.85. The van der Waals surface area contributed by atoms with E-state index in [2.05, 4.69) is 20.6 Å². The number of anilines is 2. The van der Waals surface area contributed by atoms with Gasteiger partial charge in [0.2, 0.25) is 5.91 Å². The van der Waals surface area contributed by atoms with Crippen LogP contribution in [0, 0.1) is 20.8 Å². The molecule has 0 aliphatic rings. The van der Waals surface area contributed by atoms with Crippen molar-refractivity contribution in [2.24, 2.45) is 0 Å². The van der Waals surface area contributed by atoms with Crippen LogP contribution >= 0.6 is 0 Å². The molecule has 0 aliphatic carbocycles. The monoisotopic (exact) mass is 376 g/mol. The Balaban J connectivity index is 1.72. The molecule has 8 nitrogen and oxygen atoms in total. The predicted molar refractivity (Wildman–Crippen MR) is 107 cm³/mol. The van der Waals surface area contributed by atoms with Gasteiger partial charge in [0.25, 0.3) is 0 Å². The molecule has 0 atom stereocenters. The predicted octanol–water partition coefficient (Wildman–Crippen LogP) is 3.23. The second kappa shape index (κ2) is 6.80. The molecular weight excluding hydrogens is 356 g/mol. The van der Waals surface area contributed by atoms with Crippen molar-refractivity contribution in [3.05, 3.63) is 53.1 Å². The Hall–Kier alpha value is -3.68. The maximum Gasteiger partial charge on any atom is 0.244 e. The summed E-state index contributed by atoms with van der Waals surface area (Å²) in [6.07, 6.45) is 0. The zero-order chi connectivity index (χ0) is 19.8. The number of hydrogen-bond donors (Lipinski definition) is 2. The van der Waals surface area contributed by atoms with E-state index >= 15 is 0 Å². The number of nitrogens with two attached hydrogens (primary N) is 1. The molecule has 28 heavy (non-hydrogen) atoms. The summed E-state index contributed by atoms with van der Waals surface area (Å²) in [7, 11) is 0. The smallest absolute Gasteiger partial charge is 0.244 e. The van der Waals surface area contributed by atoms with Gasteiger partial charge in [-0.05, 0) is 54.3 Å². The fourth-order valence-electron chi connectivity index (χ4n) is 3.47. The minimum atomic E-state index is -0.172. The van der Waals surface area contributed by atoms with Gasteiger partial charge in [0.05, 0.1) is 11.0 Å². The Bertz CT molecular complexity index is 1170. The number of fused-ring (bicyclic) bond motifs is 1. The zero-order valence-corrected chi connectivity index (χ0v) is 15.9. The van der Waals surface area contributed by atoms with E-state index in [1.165, 1.54) is 0 Å². The number of carbonyl (C=O) groups excluding carboxylic acids is 1. The highest BCUT2D eigenvalue weighted by atomic mass is 16.6. The number of nitrogens with one attached hydrogen (secondary N) is 1. The van der Waals surface area contributed by atoms with Crippen molar-refractivity contribution in [1.29, 1.82) is 0 Å². The molecule has 0 saturated carbocycles. The van der Waals surface area contributed by atoms with Crippen molar-refractivity contribution >= 4 is 28.4 Å². The Kier molecular flexibility index (Phi) is 4.31. The first kappa shape index (κ1) is 17.7. The Morgan fingerprint density at radius 3 is 2.54 bits per heavy atom. The third-order valence-corrected chi connectivity index (χ3v) is 4.62. The van der Waals surface area contributed by atoms with E-state index in [9.17, 15) is 4.79 Å². The van der Waals surface area contributed by atoms with Crippen molar-refractivity contribution in [3.8, 4) is 11.5 Å². The van der Waals surface area contributed by atoms with Crippen LogP contribution in [-0.2, 0) is 11.3 Å². The van der Waals surface area contributed by atoms with Gasteiger partial charge in [0, 0.05) is 5.69 Å². The van der Waals surface area contributed by atoms with Crippen LogP contribution in [0.25, 0.3) is 22.6 Å². The molecule has 2 aromatic heterocycles. The van der Waals surface area contributed by atoms with Gasteiger partial charge in [-0.2, -0.15) is 0 Å². The molecule has 3 N–H and O–H groups in total. The van der Waals surface area contributed by atoms with Gasteiger partial charge in [-0.25, -0.2) is 9.61 Å². The van der Waals surface area contributed by atoms with Crippen LogP contribution in [0.5, 0.6) is 0 Å². The number of rotatable bonds is 4. The molecule has 0 bridgehead atoms. The molecule has 2 heterocycles. The lowest BCUT2D eigenvalue weighted by molar-refractivity contribution is -0.116. The van der Waals surface area contributed by atoms with Gasteiger partial charge in [-0.15, -0.1) is 0 Å². The van der Waals surface area contributed by atoms with E-state index in [-0.39, 0.29) is 18.3 Å². The molecule has 1 amide bonds. The Morgan fingerprint density at radius 2 is 1.86 bits per heavy atom. The number of amides is 1. The second-order valence-electron chi connectivity index (χ2n) is 6.83. The SMILES string of the molecule is Cc1cc(C)c(NC(=O)Cn2c(-c3nonc3N)nc3ccccc32)c(C)c1. The summed E-state index contributed by atoms with van der Waals surface area (Å²) >= 11 is 0. The van der Waals surface area contributed by atoms with Crippen molar-refractivity contribution in [2.75, 3.05) is 11.1 Å². The van der Waals surface area contributed by atoms with E-state index in [0.29, 0.717) is 11.5 Å². The number of nitrogen functional groups attached to an aromatic ring is 1. The highest BCUT2D eigenvalue weighted by Gasteiger charge is 2.21.